The third kappa shape index (κ3) is 3.17. The molecule has 0 aromatic heterocycles. The summed E-state index contributed by atoms with van der Waals surface area (Å²) in [6, 6.07) is 18.5. The zero-order valence-corrected chi connectivity index (χ0v) is 12.3. The Balaban J connectivity index is 2.10. The zero-order valence-electron chi connectivity index (χ0n) is 11.5. The SMILES string of the molecule is Fc1ccc([S+](c2ccc(F)cc2)c2ccc(F)cc2)cc1. The Morgan fingerprint density at radius 2 is 0.636 bits per heavy atom. The average Bonchev–Trinajstić information content (AvgIpc) is 2.53. The van der Waals surface area contributed by atoms with Crippen molar-refractivity contribution in [1.29, 1.82) is 0 Å². The molecule has 22 heavy (non-hydrogen) atoms. The van der Waals surface area contributed by atoms with Crippen molar-refractivity contribution in [1.82, 2.24) is 0 Å². The van der Waals surface area contributed by atoms with Crippen LogP contribution in [0.25, 0.3) is 0 Å². The lowest BCUT2D eigenvalue weighted by atomic mass is 10.3. The first-order valence-electron chi connectivity index (χ1n) is 6.64. The van der Waals surface area contributed by atoms with Crippen LogP contribution in [0.4, 0.5) is 13.2 Å². The quantitative estimate of drug-likeness (QED) is 0.583. The van der Waals surface area contributed by atoms with Gasteiger partial charge in [-0.05, 0) is 72.8 Å². The molecule has 0 N–H and O–H groups in total. The number of rotatable bonds is 3. The molecule has 0 nitrogen and oxygen atoms in total. The zero-order chi connectivity index (χ0) is 15.5. The standard InChI is InChI=1S/C18H12F3S/c19-13-1-7-16(8-2-13)22(17-9-3-14(20)4-10-17)18-11-5-15(21)6-12-18/h1-12H/q+1. The minimum Gasteiger partial charge on any atom is -0.207 e. The highest BCUT2D eigenvalue weighted by Gasteiger charge is 2.28. The molecule has 0 radical (unpaired) electrons. The van der Waals surface area contributed by atoms with Crippen molar-refractivity contribution < 1.29 is 13.2 Å². The van der Waals surface area contributed by atoms with Crippen LogP contribution in [0.5, 0.6) is 0 Å². The van der Waals surface area contributed by atoms with Crippen LogP contribution >= 0.6 is 0 Å². The van der Waals surface area contributed by atoms with Crippen LogP contribution in [0, 0.1) is 17.5 Å². The van der Waals surface area contributed by atoms with Crippen molar-refractivity contribution in [3.8, 4) is 0 Å². The molecule has 0 fully saturated rings. The highest BCUT2D eigenvalue weighted by atomic mass is 32.2. The molecule has 110 valence electrons. The summed E-state index contributed by atoms with van der Waals surface area (Å²) >= 11 is 0. The first kappa shape index (κ1) is 14.7. The van der Waals surface area contributed by atoms with Crippen molar-refractivity contribution in [2.75, 3.05) is 0 Å². The second-order valence-electron chi connectivity index (χ2n) is 4.67. The van der Waals surface area contributed by atoms with Gasteiger partial charge in [-0.15, -0.1) is 0 Å². The van der Waals surface area contributed by atoms with Gasteiger partial charge in [0.25, 0.3) is 0 Å². The molecule has 0 bridgehead atoms. The molecule has 0 spiro atoms. The fourth-order valence-corrected chi connectivity index (χ4v) is 4.16. The first-order chi connectivity index (χ1) is 10.6. The lowest BCUT2D eigenvalue weighted by molar-refractivity contribution is 0.626. The molecule has 3 aromatic carbocycles. The van der Waals surface area contributed by atoms with E-state index in [4.69, 9.17) is 0 Å². The van der Waals surface area contributed by atoms with Crippen LogP contribution in [-0.2, 0) is 10.9 Å². The van der Waals surface area contributed by atoms with Gasteiger partial charge in [0, 0.05) is 0 Å². The molecule has 0 aliphatic carbocycles. The highest BCUT2D eigenvalue weighted by molar-refractivity contribution is 7.97. The summed E-state index contributed by atoms with van der Waals surface area (Å²) in [5.74, 6) is -0.943. The highest BCUT2D eigenvalue weighted by Crippen LogP contribution is 2.31. The van der Waals surface area contributed by atoms with Crippen molar-refractivity contribution in [3.05, 3.63) is 90.2 Å². The smallest absolute Gasteiger partial charge is 0.166 e. The van der Waals surface area contributed by atoms with E-state index >= 15 is 0 Å². The molecular formula is C18H12F3S+. The fraction of sp³-hybridized carbons (Fsp3) is 0. The molecule has 0 aliphatic heterocycles. The predicted molar refractivity (Wildman–Crippen MR) is 81.4 cm³/mol. The van der Waals surface area contributed by atoms with Gasteiger partial charge in [0.05, 0.1) is 10.9 Å². The Labute approximate surface area is 129 Å². The minimum atomic E-state index is -0.539. The fourth-order valence-electron chi connectivity index (χ4n) is 2.12. The van der Waals surface area contributed by atoms with Gasteiger partial charge in [0.1, 0.15) is 17.5 Å². The summed E-state index contributed by atoms with van der Waals surface area (Å²) in [7, 11) is -0.539. The molecule has 0 aliphatic rings. The van der Waals surface area contributed by atoms with Crippen LogP contribution in [0.3, 0.4) is 0 Å². The van der Waals surface area contributed by atoms with Crippen LogP contribution < -0.4 is 0 Å². The number of hydrogen-bond acceptors (Lipinski definition) is 0. The predicted octanol–water partition coefficient (Wildman–Crippen LogP) is 5.20. The lowest BCUT2D eigenvalue weighted by Crippen LogP contribution is -2.05. The average molecular weight is 317 g/mol. The van der Waals surface area contributed by atoms with Gasteiger partial charge in [0.15, 0.2) is 14.7 Å². The molecule has 0 saturated heterocycles. The third-order valence-corrected chi connectivity index (χ3v) is 5.38. The molecule has 4 heteroatoms. The van der Waals surface area contributed by atoms with E-state index in [2.05, 4.69) is 0 Å². The van der Waals surface area contributed by atoms with Crippen molar-refractivity contribution in [2.24, 2.45) is 0 Å². The van der Waals surface area contributed by atoms with Gasteiger partial charge in [0.2, 0.25) is 0 Å². The van der Waals surface area contributed by atoms with Gasteiger partial charge >= 0.3 is 0 Å². The Kier molecular flexibility index (Phi) is 4.20. The largest absolute Gasteiger partial charge is 0.207 e. The van der Waals surface area contributed by atoms with E-state index in [0.29, 0.717) is 0 Å². The van der Waals surface area contributed by atoms with E-state index in [0.717, 1.165) is 14.7 Å². The topological polar surface area (TPSA) is 0 Å². The molecule has 0 unspecified atom stereocenters. The second kappa shape index (κ2) is 6.28. The lowest BCUT2D eigenvalue weighted by Gasteiger charge is -2.08. The van der Waals surface area contributed by atoms with E-state index in [1.807, 2.05) is 0 Å². The number of hydrogen-bond donors (Lipinski definition) is 0. The molecule has 0 saturated carbocycles. The summed E-state index contributed by atoms with van der Waals surface area (Å²) < 4.78 is 39.5. The molecule has 0 atom stereocenters. The monoisotopic (exact) mass is 317 g/mol. The van der Waals surface area contributed by atoms with Gasteiger partial charge in [-0.2, -0.15) is 0 Å². The van der Waals surface area contributed by atoms with Crippen LogP contribution in [0.15, 0.2) is 87.5 Å². The summed E-state index contributed by atoms with van der Waals surface area (Å²) in [5.41, 5.74) is 0. The Bertz CT molecular complexity index is 642. The van der Waals surface area contributed by atoms with Gasteiger partial charge in [-0.25, -0.2) is 13.2 Å². The summed E-state index contributed by atoms with van der Waals surface area (Å²) in [6.45, 7) is 0. The number of halogens is 3. The molecule has 3 aromatic rings. The van der Waals surface area contributed by atoms with Crippen LogP contribution in [0.1, 0.15) is 0 Å². The van der Waals surface area contributed by atoms with Crippen molar-refractivity contribution >= 4 is 10.9 Å². The number of benzene rings is 3. The van der Waals surface area contributed by atoms with E-state index < -0.39 is 10.9 Å². The Morgan fingerprint density at radius 3 is 0.864 bits per heavy atom. The minimum absolute atomic E-state index is 0.314. The van der Waals surface area contributed by atoms with E-state index in [1.165, 1.54) is 36.4 Å². The van der Waals surface area contributed by atoms with E-state index in [1.54, 1.807) is 36.4 Å². The molecule has 3 rings (SSSR count). The maximum atomic E-state index is 13.2. The first-order valence-corrected chi connectivity index (χ1v) is 7.87. The maximum Gasteiger partial charge on any atom is 0.166 e. The summed E-state index contributed by atoms with van der Waals surface area (Å²) in [6.07, 6.45) is 0. The van der Waals surface area contributed by atoms with E-state index in [-0.39, 0.29) is 17.5 Å². The van der Waals surface area contributed by atoms with Crippen LogP contribution in [0.2, 0.25) is 0 Å². The molecular weight excluding hydrogens is 305 g/mol. The summed E-state index contributed by atoms with van der Waals surface area (Å²) in [4.78, 5) is 2.67. The molecule has 0 amide bonds. The van der Waals surface area contributed by atoms with Crippen molar-refractivity contribution in [3.63, 3.8) is 0 Å². The molecule has 0 heterocycles. The maximum absolute atomic E-state index is 13.2. The van der Waals surface area contributed by atoms with Gasteiger partial charge in [-0.1, -0.05) is 0 Å². The van der Waals surface area contributed by atoms with E-state index in [9.17, 15) is 13.2 Å². The van der Waals surface area contributed by atoms with Crippen molar-refractivity contribution in [2.45, 2.75) is 14.7 Å². The Morgan fingerprint density at radius 1 is 0.409 bits per heavy atom. The van der Waals surface area contributed by atoms with Gasteiger partial charge in [-0.3, -0.25) is 0 Å². The van der Waals surface area contributed by atoms with Gasteiger partial charge < -0.3 is 0 Å². The summed E-state index contributed by atoms with van der Waals surface area (Å²) in [5, 5.41) is 0. The Hall–Kier alpha value is -2.20. The normalized spacial score (nSPS) is 10.9. The second-order valence-corrected chi connectivity index (χ2v) is 6.69. The third-order valence-electron chi connectivity index (χ3n) is 3.15. The van der Waals surface area contributed by atoms with Crippen LogP contribution in [-0.4, -0.2) is 0 Å².